The van der Waals surface area contributed by atoms with E-state index in [0.29, 0.717) is 6.04 Å². The second kappa shape index (κ2) is 5.01. The van der Waals surface area contributed by atoms with Gasteiger partial charge in [-0.3, -0.25) is 0 Å². The predicted molar refractivity (Wildman–Crippen MR) is 66.2 cm³/mol. The molecule has 0 amide bonds. The molecule has 1 aromatic rings. The molecule has 0 unspecified atom stereocenters. The molecule has 15 heavy (non-hydrogen) atoms. The summed E-state index contributed by atoms with van der Waals surface area (Å²) in [5.41, 5.74) is 7.70. The van der Waals surface area contributed by atoms with Crippen LogP contribution in [0.2, 0.25) is 0 Å². The van der Waals surface area contributed by atoms with Crippen LogP contribution in [0.3, 0.4) is 0 Å². The van der Waals surface area contributed by atoms with Gasteiger partial charge in [-0.25, -0.2) is 4.98 Å². The summed E-state index contributed by atoms with van der Waals surface area (Å²) in [5.74, 6) is 0.906. The summed E-state index contributed by atoms with van der Waals surface area (Å²) in [6.07, 6.45) is 2.23. The molecule has 0 saturated heterocycles. The van der Waals surface area contributed by atoms with Crippen molar-refractivity contribution >= 4 is 11.5 Å². The molecule has 0 radical (unpaired) electrons. The second-order valence-corrected chi connectivity index (χ2v) is 3.95. The van der Waals surface area contributed by atoms with Crippen LogP contribution in [-0.4, -0.2) is 18.1 Å². The van der Waals surface area contributed by atoms with Crippen molar-refractivity contribution in [3.8, 4) is 0 Å². The van der Waals surface area contributed by atoms with Crippen molar-refractivity contribution in [2.75, 3.05) is 17.7 Å². The van der Waals surface area contributed by atoms with Crippen molar-refractivity contribution in [3.05, 3.63) is 17.8 Å². The third-order valence-electron chi connectivity index (χ3n) is 2.87. The van der Waals surface area contributed by atoms with Crippen molar-refractivity contribution < 1.29 is 0 Å². The summed E-state index contributed by atoms with van der Waals surface area (Å²) in [6.45, 7) is 6.37. The molecule has 0 aliphatic rings. The van der Waals surface area contributed by atoms with Crippen LogP contribution in [0.25, 0.3) is 0 Å². The summed E-state index contributed by atoms with van der Waals surface area (Å²) in [7, 11) is 2.07. The van der Waals surface area contributed by atoms with Gasteiger partial charge < -0.3 is 10.6 Å². The normalized spacial score (nSPS) is 10.7. The summed E-state index contributed by atoms with van der Waals surface area (Å²) < 4.78 is 0. The van der Waals surface area contributed by atoms with E-state index < -0.39 is 0 Å². The number of rotatable bonds is 4. The number of aryl methyl sites for hydroxylation is 1. The molecular weight excluding hydrogens is 186 g/mol. The molecule has 1 aromatic heterocycles. The molecule has 0 atom stereocenters. The number of nitrogens with zero attached hydrogens (tertiary/aromatic N) is 2. The number of hydrogen-bond acceptors (Lipinski definition) is 3. The lowest BCUT2D eigenvalue weighted by Gasteiger charge is -2.28. The van der Waals surface area contributed by atoms with E-state index >= 15 is 0 Å². The maximum Gasteiger partial charge on any atom is 0.152 e. The molecule has 0 saturated carbocycles. The number of aromatic nitrogens is 1. The van der Waals surface area contributed by atoms with Crippen molar-refractivity contribution in [1.82, 2.24) is 4.98 Å². The number of nitrogen functional groups attached to an aromatic ring is 1. The third-order valence-corrected chi connectivity index (χ3v) is 2.87. The van der Waals surface area contributed by atoms with Crippen LogP contribution in [0.1, 0.15) is 32.4 Å². The standard InChI is InChI=1S/C12H21N3/c1-5-10(6-2)15(4)12-11(13)8-7-9(3)14-12/h7-8,10H,5-6,13H2,1-4H3. The van der Waals surface area contributed by atoms with Gasteiger partial charge in [-0.05, 0) is 31.9 Å². The zero-order valence-electron chi connectivity index (χ0n) is 10.1. The maximum absolute atomic E-state index is 5.93. The van der Waals surface area contributed by atoms with Crippen LogP contribution < -0.4 is 10.6 Å². The summed E-state index contributed by atoms with van der Waals surface area (Å²) in [5, 5.41) is 0. The zero-order chi connectivity index (χ0) is 11.4. The van der Waals surface area contributed by atoms with Gasteiger partial charge in [0.05, 0.1) is 5.69 Å². The number of anilines is 2. The predicted octanol–water partition coefficient (Wildman–Crippen LogP) is 2.60. The Morgan fingerprint density at radius 2 is 1.93 bits per heavy atom. The number of pyridine rings is 1. The number of hydrogen-bond donors (Lipinski definition) is 1. The molecule has 2 N–H and O–H groups in total. The first-order valence-electron chi connectivity index (χ1n) is 5.56. The topological polar surface area (TPSA) is 42.2 Å². The van der Waals surface area contributed by atoms with E-state index in [1.807, 2.05) is 19.1 Å². The van der Waals surface area contributed by atoms with Crippen molar-refractivity contribution in [1.29, 1.82) is 0 Å². The lowest BCUT2D eigenvalue weighted by Crippen LogP contribution is -2.31. The van der Waals surface area contributed by atoms with Gasteiger partial charge in [-0.15, -0.1) is 0 Å². The lowest BCUT2D eigenvalue weighted by atomic mass is 10.1. The van der Waals surface area contributed by atoms with Gasteiger partial charge in [0.1, 0.15) is 0 Å². The molecule has 0 aliphatic heterocycles. The molecule has 3 heteroatoms. The SMILES string of the molecule is CCC(CC)N(C)c1nc(C)ccc1N. The molecule has 0 fully saturated rings. The van der Waals surface area contributed by atoms with Crippen LogP contribution in [-0.2, 0) is 0 Å². The minimum absolute atomic E-state index is 0.515. The Hall–Kier alpha value is -1.25. The van der Waals surface area contributed by atoms with Gasteiger partial charge in [0.2, 0.25) is 0 Å². The van der Waals surface area contributed by atoms with Crippen molar-refractivity contribution in [3.63, 3.8) is 0 Å². The molecule has 3 nitrogen and oxygen atoms in total. The van der Waals surface area contributed by atoms with E-state index in [0.717, 1.165) is 30.0 Å². The van der Waals surface area contributed by atoms with Crippen LogP contribution in [0.15, 0.2) is 12.1 Å². The highest BCUT2D eigenvalue weighted by molar-refractivity contribution is 5.62. The molecule has 1 heterocycles. The van der Waals surface area contributed by atoms with Crippen LogP contribution in [0.5, 0.6) is 0 Å². The average Bonchev–Trinajstić information content (AvgIpc) is 2.23. The van der Waals surface area contributed by atoms with Gasteiger partial charge in [-0.2, -0.15) is 0 Å². The summed E-state index contributed by atoms with van der Waals surface area (Å²) in [4.78, 5) is 6.67. The first-order chi connectivity index (χ1) is 7.10. The lowest BCUT2D eigenvalue weighted by molar-refractivity contribution is 0.587. The Labute approximate surface area is 92.3 Å². The second-order valence-electron chi connectivity index (χ2n) is 3.95. The van der Waals surface area contributed by atoms with Crippen molar-refractivity contribution in [2.45, 2.75) is 39.7 Å². The average molecular weight is 207 g/mol. The van der Waals surface area contributed by atoms with Crippen LogP contribution in [0.4, 0.5) is 11.5 Å². The fourth-order valence-corrected chi connectivity index (χ4v) is 1.85. The fraction of sp³-hybridized carbons (Fsp3) is 0.583. The van der Waals surface area contributed by atoms with E-state index in [1.54, 1.807) is 0 Å². The fourth-order valence-electron chi connectivity index (χ4n) is 1.85. The monoisotopic (exact) mass is 207 g/mol. The summed E-state index contributed by atoms with van der Waals surface area (Å²) >= 11 is 0. The molecule has 0 aromatic carbocycles. The van der Waals surface area contributed by atoms with Gasteiger partial charge in [0.25, 0.3) is 0 Å². The minimum Gasteiger partial charge on any atom is -0.396 e. The van der Waals surface area contributed by atoms with Gasteiger partial charge in [0, 0.05) is 18.8 Å². The highest BCUT2D eigenvalue weighted by atomic mass is 15.2. The Kier molecular flexibility index (Phi) is 3.95. The molecule has 0 aliphatic carbocycles. The molecule has 84 valence electrons. The smallest absolute Gasteiger partial charge is 0.152 e. The minimum atomic E-state index is 0.515. The highest BCUT2D eigenvalue weighted by Crippen LogP contribution is 2.23. The Balaban J connectivity index is 2.98. The maximum atomic E-state index is 5.93. The molecule has 0 bridgehead atoms. The third kappa shape index (κ3) is 2.61. The van der Waals surface area contributed by atoms with Gasteiger partial charge >= 0.3 is 0 Å². The van der Waals surface area contributed by atoms with Gasteiger partial charge in [0.15, 0.2) is 5.82 Å². The van der Waals surface area contributed by atoms with Gasteiger partial charge in [-0.1, -0.05) is 13.8 Å². The van der Waals surface area contributed by atoms with E-state index in [4.69, 9.17) is 5.73 Å². The summed E-state index contributed by atoms with van der Waals surface area (Å²) in [6, 6.07) is 4.39. The van der Waals surface area contributed by atoms with E-state index in [1.165, 1.54) is 0 Å². The molecule has 1 rings (SSSR count). The highest BCUT2D eigenvalue weighted by Gasteiger charge is 2.14. The first-order valence-corrected chi connectivity index (χ1v) is 5.56. The number of nitrogens with two attached hydrogens (primary N) is 1. The van der Waals surface area contributed by atoms with E-state index in [9.17, 15) is 0 Å². The van der Waals surface area contributed by atoms with E-state index in [2.05, 4.69) is 30.8 Å². The largest absolute Gasteiger partial charge is 0.396 e. The van der Waals surface area contributed by atoms with Crippen LogP contribution >= 0.6 is 0 Å². The van der Waals surface area contributed by atoms with Crippen LogP contribution in [0, 0.1) is 6.92 Å². The Morgan fingerprint density at radius 1 is 1.33 bits per heavy atom. The quantitative estimate of drug-likeness (QED) is 0.825. The first kappa shape index (κ1) is 11.8. The molecular formula is C12H21N3. The van der Waals surface area contributed by atoms with Crippen molar-refractivity contribution in [2.24, 2.45) is 0 Å². The van der Waals surface area contributed by atoms with E-state index in [-0.39, 0.29) is 0 Å². The Morgan fingerprint density at radius 3 is 2.47 bits per heavy atom. The zero-order valence-corrected chi connectivity index (χ0v) is 10.1. The Bertz CT molecular complexity index is 319. The molecule has 0 spiro atoms.